The summed E-state index contributed by atoms with van der Waals surface area (Å²) in [5.41, 5.74) is 6.44. The number of hydrogen-bond donors (Lipinski definition) is 1. The van der Waals surface area contributed by atoms with Crippen LogP contribution in [0, 0.1) is 0 Å². The van der Waals surface area contributed by atoms with Gasteiger partial charge < -0.3 is 9.84 Å². The van der Waals surface area contributed by atoms with Gasteiger partial charge in [-0.25, -0.2) is 0 Å². The molecular weight excluding hydrogens is 169 g/mol. The Labute approximate surface area is 73.6 Å². The summed E-state index contributed by atoms with van der Waals surface area (Å²) in [7, 11) is -2.68. The summed E-state index contributed by atoms with van der Waals surface area (Å²) in [5.74, 6) is 0. The van der Waals surface area contributed by atoms with E-state index in [-0.39, 0.29) is 0 Å². The molecule has 66 valence electrons. The van der Waals surface area contributed by atoms with Gasteiger partial charge in [-0.05, 0) is 23.8 Å². The quantitative estimate of drug-likeness (QED) is 0.546. The summed E-state index contributed by atoms with van der Waals surface area (Å²) in [6.45, 7) is 3.79. The summed E-state index contributed by atoms with van der Waals surface area (Å²) >= 11 is 0. The van der Waals surface area contributed by atoms with Crippen LogP contribution < -0.4 is 10.9 Å². The molecule has 0 saturated heterocycles. The molecule has 0 bridgehead atoms. The minimum absolute atomic E-state index is 0.427. The number of nitrogens with two attached hydrogens (primary N) is 1. The number of halogens is 1. The van der Waals surface area contributed by atoms with Gasteiger partial charge in [0.05, 0.1) is 0 Å². The summed E-state index contributed by atoms with van der Waals surface area (Å²) in [6.07, 6.45) is 0. The lowest BCUT2D eigenvalue weighted by atomic mass is 10.2. The summed E-state index contributed by atoms with van der Waals surface area (Å²) < 4.78 is 13.7. The fraction of sp³-hybridized carbons (Fsp3) is 0.333. The standard InChI is InChI=1S/C9H14FNSi/c1-12(2,10)9-6-4-3-5-8(9)7-11/h3-6H,7,11H2,1-2H3. The highest BCUT2D eigenvalue weighted by Crippen LogP contribution is 2.07. The Bertz CT molecular complexity index is 267. The maximum absolute atomic E-state index is 13.7. The van der Waals surface area contributed by atoms with Crippen molar-refractivity contribution in [3.05, 3.63) is 29.8 Å². The molecule has 1 rings (SSSR count). The lowest BCUT2D eigenvalue weighted by Gasteiger charge is -2.15. The first kappa shape index (κ1) is 9.42. The van der Waals surface area contributed by atoms with Crippen LogP contribution in [0.15, 0.2) is 24.3 Å². The summed E-state index contributed by atoms with van der Waals surface area (Å²) in [5, 5.41) is 0.826. The van der Waals surface area contributed by atoms with Gasteiger partial charge in [-0.1, -0.05) is 24.3 Å². The zero-order chi connectivity index (χ0) is 9.19. The number of rotatable bonds is 2. The second-order valence-electron chi connectivity index (χ2n) is 3.33. The van der Waals surface area contributed by atoms with E-state index in [1.54, 1.807) is 13.1 Å². The van der Waals surface area contributed by atoms with Gasteiger partial charge in [-0.2, -0.15) is 0 Å². The molecule has 1 nitrogen and oxygen atoms in total. The third-order valence-electron chi connectivity index (χ3n) is 1.88. The molecule has 0 amide bonds. The highest BCUT2D eigenvalue weighted by Gasteiger charge is 2.25. The predicted molar refractivity (Wildman–Crippen MR) is 52.6 cm³/mol. The first-order chi connectivity index (χ1) is 5.55. The Kier molecular flexibility index (Phi) is 2.64. The van der Waals surface area contributed by atoms with Crippen LogP contribution in [-0.2, 0) is 6.54 Å². The smallest absolute Gasteiger partial charge is 0.271 e. The van der Waals surface area contributed by atoms with Gasteiger partial charge in [0.2, 0.25) is 0 Å². The van der Waals surface area contributed by atoms with E-state index in [1.807, 2.05) is 24.3 Å². The highest BCUT2D eigenvalue weighted by molar-refractivity contribution is 6.84. The minimum Gasteiger partial charge on any atom is -0.327 e. The van der Waals surface area contributed by atoms with Crippen LogP contribution >= 0.6 is 0 Å². The van der Waals surface area contributed by atoms with Gasteiger partial charge in [0.15, 0.2) is 0 Å². The van der Waals surface area contributed by atoms with Crippen molar-refractivity contribution in [2.75, 3.05) is 0 Å². The molecule has 3 heteroatoms. The van der Waals surface area contributed by atoms with Crippen LogP contribution in [0.3, 0.4) is 0 Å². The molecule has 0 fully saturated rings. The van der Waals surface area contributed by atoms with Crippen molar-refractivity contribution < 1.29 is 4.11 Å². The molecule has 0 heterocycles. The summed E-state index contributed by atoms with van der Waals surface area (Å²) in [4.78, 5) is 0. The second kappa shape index (κ2) is 3.37. The van der Waals surface area contributed by atoms with E-state index >= 15 is 0 Å². The lowest BCUT2D eigenvalue weighted by Crippen LogP contribution is -2.39. The van der Waals surface area contributed by atoms with Crippen molar-refractivity contribution in [3.63, 3.8) is 0 Å². The second-order valence-corrected chi connectivity index (χ2v) is 6.82. The largest absolute Gasteiger partial charge is 0.327 e. The van der Waals surface area contributed by atoms with Crippen LogP contribution in [0.25, 0.3) is 0 Å². The Hall–Kier alpha value is -0.673. The average molecular weight is 183 g/mol. The fourth-order valence-electron chi connectivity index (χ4n) is 1.28. The van der Waals surface area contributed by atoms with Crippen molar-refractivity contribution in [1.82, 2.24) is 0 Å². The average Bonchev–Trinajstić information content (AvgIpc) is 2.03. The van der Waals surface area contributed by atoms with Crippen molar-refractivity contribution >= 4 is 13.6 Å². The maximum atomic E-state index is 13.7. The maximum Gasteiger partial charge on any atom is 0.271 e. The lowest BCUT2D eigenvalue weighted by molar-refractivity contribution is 0.819. The minimum atomic E-state index is -2.68. The molecule has 0 atom stereocenters. The Morgan fingerprint density at radius 3 is 2.33 bits per heavy atom. The molecule has 0 aliphatic carbocycles. The van der Waals surface area contributed by atoms with Crippen LogP contribution in [0.5, 0.6) is 0 Å². The van der Waals surface area contributed by atoms with Crippen LogP contribution in [0.4, 0.5) is 4.11 Å². The number of hydrogen-bond acceptors (Lipinski definition) is 1. The van der Waals surface area contributed by atoms with Gasteiger partial charge in [-0.15, -0.1) is 0 Å². The van der Waals surface area contributed by atoms with Crippen LogP contribution in [0.1, 0.15) is 5.56 Å². The molecule has 0 aliphatic rings. The highest BCUT2D eigenvalue weighted by atomic mass is 28.4. The zero-order valence-electron chi connectivity index (χ0n) is 7.47. The summed E-state index contributed by atoms with van der Waals surface area (Å²) in [6, 6.07) is 7.49. The zero-order valence-corrected chi connectivity index (χ0v) is 8.47. The van der Waals surface area contributed by atoms with E-state index in [0.717, 1.165) is 10.8 Å². The molecule has 0 spiro atoms. The van der Waals surface area contributed by atoms with Gasteiger partial charge in [-0.3, -0.25) is 0 Å². The molecule has 0 aliphatic heterocycles. The first-order valence-electron chi connectivity index (χ1n) is 4.03. The SMILES string of the molecule is C[Si](C)(F)c1ccccc1CN. The van der Waals surface area contributed by atoms with Crippen molar-refractivity contribution in [3.8, 4) is 0 Å². The third kappa shape index (κ3) is 1.93. The van der Waals surface area contributed by atoms with Crippen molar-refractivity contribution in [1.29, 1.82) is 0 Å². The molecule has 0 aromatic heterocycles. The predicted octanol–water partition coefficient (Wildman–Crippen LogP) is 1.53. The van der Waals surface area contributed by atoms with Gasteiger partial charge >= 0.3 is 0 Å². The van der Waals surface area contributed by atoms with Crippen molar-refractivity contribution in [2.24, 2.45) is 5.73 Å². The Morgan fingerprint density at radius 1 is 1.33 bits per heavy atom. The molecule has 1 aromatic carbocycles. The van der Waals surface area contributed by atoms with E-state index in [0.29, 0.717) is 6.54 Å². The Balaban J connectivity index is 3.14. The van der Waals surface area contributed by atoms with Gasteiger partial charge in [0, 0.05) is 6.54 Å². The first-order valence-corrected chi connectivity index (χ1v) is 6.91. The Morgan fingerprint density at radius 2 is 1.92 bits per heavy atom. The monoisotopic (exact) mass is 183 g/mol. The van der Waals surface area contributed by atoms with Crippen LogP contribution in [0.2, 0.25) is 13.1 Å². The van der Waals surface area contributed by atoms with Gasteiger partial charge in [0.1, 0.15) is 0 Å². The van der Waals surface area contributed by atoms with E-state index in [4.69, 9.17) is 5.73 Å². The number of benzene rings is 1. The molecule has 2 N–H and O–H groups in total. The topological polar surface area (TPSA) is 26.0 Å². The molecular formula is C9H14FNSi. The molecule has 1 aromatic rings. The molecule has 0 saturated carbocycles. The normalized spacial score (nSPS) is 11.7. The molecule has 0 unspecified atom stereocenters. The van der Waals surface area contributed by atoms with E-state index < -0.39 is 8.41 Å². The van der Waals surface area contributed by atoms with Gasteiger partial charge in [0.25, 0.3) is 8.41 Å². The van der Waals surface area contributed by atoms with E-state index in [2.05, 4.69) is 0 Å². The van der Waals surface area contributed by atoms with E-state index in [9.17, 15) is 4.11 Å². The van der Waals surface area contributed by atoms with Crippen LogP contribution in [-0.4, -0.2) is 8.41 Å². The third-order valence-corrected chi connectivity index (χ3v) is 3.65. The fourth-order valence-corrected chi connectivity index (χ4v) is 2.72. The molecule has 12 heavy (non-hydrogen) atoms. The molecule has 0 radical (unpaired) electrons. The van der Waals surface area contributed by atoms with Crippen molar-refractivity contribution in [2.45, 2.75) is 19.6 Å². The van der Waals surface area contributed by atoms with E-state index in [1.165, 1.54) is 0 Å².